The molecule has 0 N–H and O–H groups in total. The van der Waals surface area contributed by atoms with E-state index in [1.54, 1.807) is 13.8 Å². The third-order valence-corrected chi connectivity index (χ3v) is 11.0. The van der Waals surface area contributed by atoms with E-state index in [0.29, 0.717) is 35.7 Å². The Bertz CT molecular complexity index is 373. The van der Waals surface area contributed by atoms with Gasteiger partial charge in [0.1, 0.15) is 0 Å². The van der Waals surface area contributed by atoms with Gasteiger partial charge in [0.2, 0.25) is 0 Å². The van der Waals surface area contributed by atoms with Gasteiger partial charge in [-0.2, -0.15) is 0 Å². The van der Waals surface area contributed by atoms with E-state index in [-0.39, 0.29) is 10.2 Å². The van der Waals surface area contributed by atoms with E-state index in [0.717, 1.165) is 23.0 Å². The Kier molecular flexibility index (Phi) is 8.68. The molecule has 1 saturated heterocycles. The van der Waals surface area contributed by atoms with Gasteiger partial charge in [0.15, 0.2) is 0 Å². The molecule has 6 heteroatoms. The minimum absolute atomic E-state index is 0.111. The molecule has 0 aromatic rings. The predicted octanol–water partition coefficient (Wildman–Crippen LogP) is 3.69. The Morgan fingerprint density at radius 1 is 1.05 bits per heavy atom. The van der Waals surface area contributed by atoms with Crippen molar-refractivity contribution in [1.82, 2.24) is 0 Å². The third-order valence-electron chi connectivity index (χ3n) is 2.49. The average molecular weight is 395 g/mol. The zero-order chi connectivity index (χ0) is 15.1. The summed E-state index contributed by atoms with van der Waals surface area (Å²) in [5.74, 6) is 4.08. The zero-order valence-electron chi connectivity index (χ0n) is 11.8. The number of carbonyl (C=O) groups is 2. The summed E-state index contributed by atoms with van der Waals surface area (Å²) >= 11 is 5.26. The van der Waals surface area contributed by atoms with Crippen molar-refractivity contribution < 1.29 is 9.59 Å². The van der Waals surface area contributed by atoms with Crippen molar-refractivity contribution in [2.24, 2.45) is 0 Å². The van der Waals surface area contributed by atoms with Crippen molar-refractivity contribution in [1.29, 1.82) is 0 Å². The first-order valence-electron chi connectivity index (χ1n) is 6.28. The molecular weight excluding hydrogens is 375 g/mol. The summed E-state index contributed by atoms with van der Waals surface area (Å²) in [6.45, 7) is 10.9. The van der Waals surface area contributed by atoms with E-state index in [2.05, 4.69) is 13.2 Å². The molecule has 2 atom stereocenters. The Morgan fingerprint density at radius 2 is 1.45 bits per heavy atom. The van der Waals surface area contributed by atoms with Crippen LogP contribution in [-0.4, -0.2) is 48.2 Å². The van der Waals surface area contributed by atoms with Gasteiger partial charge in [0.05, 0.1) is 0 Å². The van der Waals surface area contributed by atoms with Crippen LogP contribution in [0.5, 0.6) is 0 Å². The molecule has 2 nitrogen and oxygen atoms in total. The van der Waals surface area contributed by atoms with Gasteiger partial charge in [-0.3, -0.25) is 0 Å². The Morgan fingerprint density at radius 3 is 1.80 bits per heavy atom. The zero-order valence-corrected chi connectivity index (χ0v) is 16.0. The molecule has 1 aliphatic heterocycles. The van der Waals surface area contributed by atoms with Crippen LogP contribution < -0.4 is 0 Å². The summed E-state index contributed by atoms with van der Waals surface area (Å²) in [6, 6.07) is 0. The van der Waals surface area contributed by atoms with Crippen LogP contribution in [0.1, 0.15) is 13.8 Å². The second kappa shape index (κ2) is 9.42. The molecule has 1 fully saturated rings. The molecule has 0 amide bonds. The number of rotatable bonds is 6. The van der Waals surface area contributed by atoms with Gasteiger partial charge in [0.25, 0.3) is 0 Å². The number of hydrogen-bond acceptors (Lipinski definition) is 5. The van der Waals surface area contributed by atoms with E-state index in [1.807, 2.05) is 11.8 Å². The van der Waals surface area contributed by atoms with Crippen LogP contribution in [0.25, 0.3) is 0 Å². The monoisotopic (exact) mass is 396 g/mol. The van der Waals surface area contributed by atoms with E-state index < -0.39 is 0 Å². The van der Waals surface area contributed by atoms with E-state index in [4.69, 9.17) is 0 Å². The maximum absolute atomic E-state index is 11.6. The summed E-state index contributed by atoms with van der Waals surface area (Å²) < 4.78 is 0. The van der Waals surface area contributed by atoms with Gasteiger partial charge < -0.3 is 0 Å². The maximum atomic E-state index is 11.6. The fraction of sp³-hybridized carbons (Fsp3) is 0.571. The van der Waals surface area contributed by atoms with E-state index in [1.165, 1.54) is 23.5 Å². The Labute approximate surface area is 140 Å². The van der Waals surface area contributed by atoms with E-state index in [9.17, 15) is 9.59 Å². The second-order valence-corrected chi connectivity index (χ2v) is 11.1. The van der Waals surface area contributed by atoms with Gasteiger partial charge >= 0.3 is 141 Å². The summed E-state index contributed by atoms with van der Waals surface area (Å²) in [7, 11) is 0. The molecule has 112 valence electrons. The predicted molar refractivity (Wildman–Crippen MR) is 95.1 cm³/mol. The molecule has 0 aliphatic carbocycles. The van der Waals surface area contributed by atoms with Crippen LogP contribution in [0.2, 0.25) is 9.63 Å². The molecule has 1 aliphatic rings. The Balaban J connectivity index is 2.31. The quantitative estimate of drug-likeness (QED) is 0.506. The summed E-state index contributed by atoms with van der Waals surface area (Å²) in [5.41, 5.74) is 1.26. The molecule has 0 aromatic heterocycles. The fourth-order valence-corrected chi connectivity index (χ4v) is 9.54. The first-order valence-corrected chi connectivity index (χ1v) is 11.4. The number of carbonyl (C=O) groups excluding carboxylic acids is 2. The van der Waals surface area contributed by atoms with Crippen molar-refractivity contribution in [3.63, 3.8) is 0 Å². The van der Waals surface area contributed by atoms with Crippen LogP contribution in [0.4, 0.5) is 0 Å². The van der Waals surface area contributed by atoms with Crippen LogP contribution >= 0.6 is 35.3 Å². The normalized spacial score (nSPS) is 22.3. The molecule has 1 heterocycles. The standard InChI is InChI=1S/C14H20O2S3Se/c1-9(2)13(15)18-7-11-5-17-6-12(20-11)8-19-14(16)10(3)4/h11-12H,1,3,5-8H2,2,4H3. The molecular formula is C14H20O2S3Se. The van der Waals surface area contributed by atoms with Crippen molar-refractivity contribution in [3.8, 4) is 0 Å². The van der Waals surface area contributed by atoms with Crippen LogP contribution in [-0.2, 0) is 9.59 Å². The number of hydrogen-bond donors (Lipinski definition) is 0. The molecule has 0 aromatic carbocycles. The first-order chi connectivity index (χ1) is 9.40. The average Bonchev–Trinajstić information content (AvgIpc) is 2.42. The fourth-order valence-electron chi connectivity index (χ4n) is 1.44. The van der Waals surface area contributed by atoms with Crippen molar-refractivity contribution in [2.45, 2.75) is 23.5 Å². The molecule has 2 unspecified atom stereocenters. The van der Waals surface area contributed by atoms with E-state index >= 15 is 0 Å². The molecule has 0 bridgehead atoms. The summed E-state index contributed by atoms with van der Waals surface area (Å²) in [5, 5.41) is 0.222. The van der Waals surface area contributed by atoms with Gasteiger partial charge in [-0.25, -0.2) is 0 Å². The molecule has 1 rings (SSSR count). The Hall–Kier alpha value is 0.389. The van der Waals surface area contributed by atoms with Gasteiger partial charge in [0, 0.05) is 0 Å². The van der Waals surface area contributed by atoms with Gasteiger partial charge in [-0.15, -0.1) is 0 Å². The molecule has 0 radical (unpaired) electrons. The molecule has 0 spiro atoms. The van der Waals surface area contributed by atoms with Crippen molar-refractivity contribution >= 4 is 60.5 Å². The second-order valence-electron chi connectivity index (χ2n) is 4.68. The number of thioether (sulfide) groups is 3. The topological polar surface area (TPSA) is 34.1 Å². The minimum atomic E-state index is 0.111. The molecule has 20 heavy (non-hydrogen) atoms. The van der Waals surface area contributed by atoms with Crippen LogP contribution in [0, 0.1) is 0 Å². The summed E-state index contributed by atoms with van der Waals surface area (Å²) in [4.78, 5) is 24.4. The van der Waals surface area contributed by atoms with Crippen molar-refractivity contribution in [3.05, 3.63) is 24.3 Å². The SMILES string of the molecule is C=C(C)C(=O)SCC1CSCC(CSC(=O)C(=C)C)[Se]1. The van der Waals surface area contributed by atoms with Crippen molar-refractivity contribution in [2.75, 3.05) is 23.0 Å². The van der Waals surface area contributed by atoms with Gasteiger partial charge in [-0.1, -0.05) is 0 Å². The van der Waals surface area contributed by atoms with Gasteiger partial charge in [-0.05, 0) is 0 Å². The van der Waals surface area contributed by atoms with Crippen LogP contribution in [0.15, 0.2) is 24.3 Å². The first kappa shape index (κ1) is 18.4. The summed E-state index contributed by atoms with van der Waals surface area (Å²) in [6.07, 6.45) is 0. The molecule has 0 saturated carbocycles. The van der Waals surface area contributed by atoms with Crippen LogP contribution in [0.3, 0.4) is 0 Å². The third kappa shape index (κ3) is 6.90.